The summed E-state index contributed by atoms with van der Waals surface area (Å²) in [6.07, 6.45) is 6.31. The van der Waals surface area contributed by atoms with Crippen LogP contribution in [0.1, 0.15) is 11.1 Å². The van der Waals surface area contributed by atoms with Crippen molar-refractivity contribution in [3.8, 4) is 17.2 Å². The van der Waals surface area contributed by atoms with Crippen molar-refractivity contribution in [3.63, 3.8) is 0 Å². The summed E-state index contributed by atoms with van der Waals surface area (Å²) in [5.74, 6) is 1.15. The molecule has 0 saturated heterocycles. The Balaban J connectivity index is 1.57. The van der Waals surface area contributed by atoms with Gasteiger partial charge in [0.15, 0.2) is 0 Å². The molecule has 0 bridgehead atoms. The van der Waals surface area contributed by atoms with E-state index in [-0.39, 0.29) is 5.91 Å². The molecule has 1 N–H and O–H groups in total. The Hall–Kier alpha value is -3.61. The average Bonchev–Trinajstić information content (AvgIpc) is 3.25. The first-order valence-corrected chi connectivity index (χ1v) is 8.31. The summed E-state index contributed by atoms with van der Waals surface area (Å²) in [4.78, 5) is 16.0. The third-order valence-corrected chi connectivity index (χ3v) is 3.94. The fourth-order valence-electron chi connectivity index (χ4n) is 2.48. The van der Waals surface area contributed by atoms with Gasteiger partial charge in [-0.3, -0.25) is 4.79 Å². The van der Waals surface area contributed by atoms with Gasteiger partial charge in [0.2, 0.25) is 5.91 Å². The van der Waals surface area contributed by atoms with Crippen LogP contribution in [-0.4, -0.2) is 34.9 Å². The van der Waals surface area contributed by atoms with Gasteiger partial charge in [-0.25, -0.2) is 9.67 Å². The number of amides is 1. The molecule has 7 nitrogen and oxygen atoms in total. The second-order valence-electron chi connectivity index (χ2n) is 5.67. The number of methoxy groups -OCH3 is 2. The van der Waals surface area contributed by atoms with E-state index >= 15 is 0 Å². The summed E-state index contributed by atoms with van der Waals surface area (Å²) < 4.78 is 12.2. The molecule has 2 aromatic carbocycles. The summed E-state index contributed by atoms with van der Waals surface area (Å²) in [5.41, 5.74) is 2.70. The maximum Gasteiger partial charge on any atom is 0.244 e. The largest absolute Gasteiger partial charge is 0.497 e. The molecule has 0 unspecified atom stereocenters. The highest BCUT2D eigenvalue weighted by Gasteiger charge is 2.04. The lowest BCUT2D eigenvalue weighted by Gasteiger charge is -2.07. The number of benzene rings is 2. The van der Waals surface area contributed by atoms with Crippen molar-refractivity contribution in [3.05, 3.63) is 72.3 Å². The predicted octanol–water partition coefficient (Wildman–Crippen LogP) is 2.61. The molecule has 1 amide bonds. The van der Waals surface area contributed by atoms with Gasteiger partial charge < -0.3 is 14.8 Å². The van der Waals surface area contributed by atoms with Crippen LogP contribution in [0.15, 0.2) is 61.2 Å². The lowest BCUT2D eigenvalue weighted by atomic mass is 10.1. The number of nitrogens with one attached hydrogen (secondary N) is 1. The molecule has 3 rings (SSSR count). The van der Waals surface area contributed by atoms with E-state index in [2.05, 4.69) is 15.4 Å². The van der Waals surface area contributed by atoms with Gasteiger partial charge in [-0.2, -0.15) is 5.10 Å². The Morgan fingerprint density at radius 2 is 1.96 bits per heavy atom. The zero-order valence-electron chi connectivity index (χ0n) is 15.1. The number of aromatic nitrogens is 3. The fraction of sp³-hybridized carbons (Fsp3) is 0.150. The Bertz CT molecular complexity index is 919. The van der Waals surface area contributed by atoms with Crippen LogP contribution in [-0.2, 0) is 11.3 Å². The van der Waals surface area contributed by atoms with E-state index in [1.807, 2.05) is 36.4 Å². The van der Waals surface area contributed by atoms with Crippen LogP contribution in [0.4, 0.5) is 0 Å². The van der Waals surface area contributed by atoms with Crippen LogP contribution >= 0.6 is 0 Å². The molecule has 0 atom stereocenters. The highest BCUT2D eigenvalue weighted by molar-refractivity contribution is 5.92. The minimum atomic E-state index is -0.187. The Morgan fingerprint density at radius 1 is 1.15 bits per heavy atom. The molecule has 0 spiro atoms. The number of rotatable bonds is 7. The number of carbonyl (C=O) groups excluding carboxylic acids is 1. The number of carbonyl (C=O) groups is 1. The van der Waals surface area contributed by atoms with Crippen molar-refractivity contribution in [2.24, 2.45) is 0 Å². The van der Waals surface area contributed by atoms with Gasteiger partial charge in [-0.05, 0) is 35.9 Å². The molecule has 1 aromatic heterocycles. The summed E-state index contributed by atoms with van der Waals surface area (Å²) >= 11 is 0. The van der Waals surface area contributed by atoms with Crippen LogP contribution in [0, 0.1) is 0 Å². The zero-order chi connectivity index (χ0) is 19.1. The molecule has 0 radical (unpaired) electrons. The summed E-state index contributed by atoms with van der Waals surface area (Å²) in [6.45, 7) is 0.431. The molecule has 0 saturated carbocycles. The molecular formula is C20H20N4O3. The van der Waals surface area contributed by atoms with Gasteiger partial charge in [0, 0.05) is 24.3 Å². The molecule has 3 aromatic rings. The summed E-state index contributed by atoms with van der Waals surface area (Å²) in [6, 6.07) is 13.2. The summed E-state index contributed by atoms with van der Waals surface area (Å²) in [7, 11) is 3.17. The van der Waals surface area contributed by atoms with Crippen LogP contribution in [0.3, 0.4) is 0 Å². The third-order valence-electron chi connectivity index (χ3n) is 3.94. The van der Waals surface area contributed by atoms with E-state index in [0.717, 1.165) is 16.8 Å². The second-order valence-corrected chi connectivity index (χ2v) is 5.67. The Morgan fingerprint density at radius 3 is 2.63 bits per heavy atom. The van der Waals surface area contributed by atoms with Gasteiger partial charge in [0.05, 0.1) is 19.9 Å². The van der Waals surface area contributed by atoms with E-state index in [1.165, 1.54) is 12.4 Å². The minimum absolute atomic E-state index is 0.187. The van der Waals surface area contributed by atoms with Crippen LogP contribution < -0.4 is 14.8 Å². The van der Waals surface area contributed by atoms with Crippen molar-refractivity contribution < 1.29 is 14.3 Å². The maximum atomic E-state index is 12.1. The van der Waals surface area contributed by atoms with E-state index in [0.29, 0.717) is 18.0 Å². The lowest BCUT2D eigenvalue weighted by Crippen LogP contribution is -2.20. The smallest absolute Gasteiger partial charge is 0.244 e. The number of hydrogen-bond donors (Lipinski definition) is 1. The first-order valence-electron chi connectivity index (χ1n) is 8.31. The first-order chi connectivity index (χ1) is 13.2. The molecule has 0 aliphatic carbocycles. The van der Waals surface area contributed by atoms with Gasteiger partial charge in [0.25, 0.3) is 0 Å². The van der Waals surface area contributed by atoms with Crippen LogP contribution in [0.5, 0.6) is 11.5 Å². The van der Waals surface area contributed by atoms with Crippen LogP contribution in [0.2, 0.25) is 0 Å². The summed E-state index contributed by atoms with van der Waals surface area (Å²) in [5, 5.41) is 6.93. The SMILES string of the molecule is COc1ccc(/C=C/C(=O)NCc2ccc(-n3cncn3)cc2)c(OC)c1. The number of nitrogens with zero attached hydrogens (tertiary/aromatic N) is 3. The normalized spacial score (nSPS) is 10.7. The quantitative estimate of drug-likeness (QED) is 0.652. The molecule has 1 heterocycles. The molecule has 7 heteroatoms. The fourth-order valence-corrected chi connectivity index (χ4v) is 2.48. The monoisotopic (exact) mass is 364 g/mol. The first kappa shape index (κ1) is 18.2. The van der Waals surface area contributed by atoms with Crippen molar-refractivity contribution in [1.29, 1.82) is 0 Å². The Labute approximate surface area is 157 Å². The van der Waals surface area contributed by atoms with Gasteiger partial charge in [0.1, 0.15) is 24.2 Å². The lowest BCUT2D eigenvalue weighted by molar-refractivity contribution is -0.116. The standard InChI is InChI=1S/C20H20N4O3/c1-26-18-9-5-16(19(11-18)27-2)6-10-20(25)22-12-15-3-7-17(8-4-15)24-14-21-13-23-24/h3-11,13-14H,12H2,1-2H3,(H,22,25)/b10-6+. The minimum Gasteiger partial charge on any atom is -0.497 e. The topological polar surface area (TPSA) is 78.3 Å². The van der Waals surface area contributed by atoms with E-state index in [4.69, 9.17) is 9.47 Å². The average molecular weight is 364 g/mol. The molecule has 0 aliphatic rings. The molecule has 0 fully saturated rings. The van der Waals surface area contributed by atoms with Crippen molar-refractivity contribution in [2.75, 3.05) is 14.2 Å². The molecule has 0 aliphatic heterocycles. The molecule has 138 valence electrons. The Kier molecular flexibility index (Phi) is 5.84. The predicted molar refractivity (Wildman–Crippen MR) is 102 cm³/mol. The van der Waals surface area contributed by atoms with Gasteiger partial charge >= 0.3 is 0 Å². The van der Waals surface area contributed by atoms with E-state index in [9.17, 15) is 4.79 Å². The molecule has 27 heavy (non-hydrogen) atoms. The van der Waals surface area contributed by atoms with Crippen molar-refractivity contribution in [1.82, 2.24) is 20.1 Å². The zero-order valence-corrected chi connectivity index (χ0v) is 15.1. The number of ether oxygens (including phenoxy) is 2. The van der Waals surface area contributed by atoms with Crippen molar-refractivity contribution >= 4 is 12.0 Å². The van der Waals surface area contributed by atoms with Gasteiger partial charge in [-0.1, -0.05) is 12.1 Å². The van der Waals surface area contributed by atoms with Crippen molar-refractivity contribution in [2.45, 2.75) is 6.54 Å². The highest BCUT2D eigenvalue weighted by atomic mass is 16.5. The third kappa shape index (κ3) is 4.72. The van der Waals surface area contributed by atoms with Crippen LogP contribution in [0.25, 0.3) is 11.8 Å². The highest BCUT2D eigenvalue weighted by Crippen LogP contribution is 2.25. The van der Waals surface area contributed by atoms with E-state index in [1.54, 1.807) is 37.4 Å². The maximum absolute atomic E-state index is 12.1. The second kappa shape index (κ2) is 8.66. The molecular weight excluding hydrogens is 344 g/mol. The number of hydrogen-bond acceptors (Lipinski definition) is 5. The van der Waals surface area contributed by atoms with Gasteiger partial charge in [-0.15, -0.1) is 0 Å². The van der Waals surface area contributed by atoms with E-state index < -0.39 is 0 Å².